The van der Waals surface area contributed by atoms with Crippen molar-refractivity contribution in [3.63, 3.8) is 0 Å². The minimum Gasteiger partial charge on any atom is -0.361 e. The molecule has 1 aliphatic carbocycles. The topological polar surface area (TPSA) is 9.23 Å². The first kappa shape index (κ1) is 15.4. The van der Waals surface area contributed by atoms with E-state index in [-0.39, 0.29) is 6.10 Å². The molecule has 2 aromatic rings. The van der Waals surface area contributed by atoms with Crippen LogP contribution in [-0.4, -0.2) is 6.10 Å². The van der Waals surface area contributed by atoms with E-state index in [0.717, 1.165) is 6.42 Å². The molecule has 0 N–H and O–H groups in total. The molecule has 2 atom stereocenters. The molecule has 1 heteroatoms. The molecule has 24 heavy (non-hydrogen) atoms. The molecule has 2 aliphatic rings. The lowest BCUT2D eigenvalue weighted by molar-refractivity contribution is 0.00632. The third-order valence-electron chi connectivity index (χ3n) is 5.27. The van der Waals surface area contributed by atoms with Crippen molar-refractivity contribution in [2.24, 2.45) is 0 Å². The van der Waals surface area contributed by atoms with Crippen molar-refractivity contribution in [1.29, 1.82) is 0 Å². The summed E-state index contributed by atoms with van der Waals surface area (Å²) in [7, 11) is 0. The lowest BCUT2D eigenvalue weighted by Crippen LogP contribution is -2.29. The maximum Gasteiger partial charge on any atom is 0.109 e. The van der Waals surface area contributed by atoms with Gasteiger partial charge in [0.2, 0.25) is 0 Å². The fourth-order valence-corrected chi connectivity index (χ4v) is 3.98. The maximum absolute atomic E-state index is 6.61. The second kappa shape index (κ2) is 6.78. The summed E-state index contributed by atoms with van der Waals surface area (Å²) in [5.41, 5.74) is 6.79. The Labute approximate surface area is 144 Å². The van der Waals surface area contributed by atoms with Crippen LogP contribution in [0.4, 0.5) is 0 Å². The van der Waals surface area contributed by atoms with E-state index >= 15 is 0 Å². The molecule has 1 saturated carbocycles. The number of hydrogen-bond acceptors (Lipinski definition) is 1. The third-order valence-corrected chi connectivity index (χ3v) is 5.27. The standard InChI is InChI=1S/C23H24O/c1-17-20-14-8-9-15-22(20)24-23(19-12-6-3-7-13-19)21(17)16-18-10-4-2-5-11-18/h2-7,10-13,16,22-23H,8-9,14-15H2,1H3/b21-16+/t22-,23+/m1/s1. The molecule has 122 valence electrons. The highest BCUT2D eigenvalue weighted by Crippen LogP contribution is 2.44. The van der Waals surface area contributed by atoms with Gasteiger partial charge in [-0.15, -0.1) is 0 Å². The Balaban J connectivity index is 1.82. The monoisotopic (exact) mass is 316 g/mol. The van der Waals surface area contributed by atoms with Crippen molar-refractivity contribution in [3.8, 4) is 0 Å². The van der Waals surface area contributed by atoms with Crippen LogP contribution in [0.1, 0.15) is 49.8 Å². The fraction of sp³-hybridized carbons (Fsp3) is 0.304. The molecule has 1 aliphatic heterocycles. The van der Waals surface area contributed by atoms with E-state index in [2.05, 4.69) is 73.7 Å². The minimum atomic E-state index is 0.0401. The summed E-state index contributed by atoms with van der Waals surface area (Å²) in [6.07, 6.45) is 7.57. The Kier molecular flexibility index (Phi) is 4.36. The van der Waals surface area contributed by atoms with Gasteiger partial charge in [-0.05, 0) is 60.1 Å². The van der Waals surface area contributed by atoms with E-state index in [4.69, 9.17) is 4.74 Å². The lowest BCUT2D eigenvalue weighted by atomic mass is 9.80. The zero-order valence-electron chi connectivity index (χ0n) is 14.2. The second-order valence-electron chi connectivity index (χ2n) is 6.82. The van der Waals surface area contributed by atoms with E-state index in [0.29, 0.717) is 6.10 Å². The molecular weight excluding hydrogens is 292 g/mol. The van der Waals surface area contributed by atoms with Gasteiger partial charge in [0.05, 0.1) is 6.10 Å². The molecule has 0 bridgehead atoms. The molecular formula is C23H24O. The van der Waals surface area contributed by atoms with Crippen LogP contribution in [0.15, 0.2) is 77.4 Å². The molecule has 1 heterocycles. The Morgan fingerprint density at radius 2 is 1.62 bits per heavy atom. The predicted molar refractivity (Wildman–Crippen MR) is 99.6 cm³/mol. The first-order valence-electron chi connectivity index (χ1n) is 9.00. The number of fused-ring (bicyclic) bond motifs is 1. The second-order valence-corrected chi connectivity index (χ2v) is 6.82. The molecule has 2 aromatic carbocycles. The molecule has 0 amide bonds. The van der Waals surface area contributed by atoms with Crippen molar-refractivity contribution < 1.29 is 4.74 Å². The van der Waals surface area contributed by atoms with Crippen LogP contribution in [-0.2, 0) is 4.74 Å². The Bertz CT molecular complexity index is 755. The van der Waals surface area contributed by atoms with Gasteiger partial charge in [0.15, 0.2) is 0 Å². The molecule has 1 fully saturated rings. The predicted octanol–water partition coefficient (Wildman–Crippen LogP) is 6.10. The number of hydrogen-bond donors (Lipinski definition) is 0. The van der Waals surface area contributed by atoms with Gasteiger partial charge in [-0.2, -0.15) is 0 Å². The van der Waals surface area contributed by atoms with Gasteiger partial charge < -0.3 is 4.74 Å². The van der Waals surface area contributed by atoms with E-state index < -0.39 is 0 Å². The zero-order valence-corrected chi connectivity index (χ0v) is 14.2. The summed E-state index contributed by atoms with van der Waals surface area (Å²) < 4.78 is 6.61. The molecule has 4 rings (SSSR count). The van der Waals surface area contributed by atoms with Gasteiger partial charge in [-0.25, -0.2) is 0 Å². The van der Waals surface area contributed by atoms with Crippen molar-refractivity contribution in [1.82, 2.24) is 0 Å². The van der Waals surface area contributed by atoms with Gasteiger partial charge in [-0.1, -0.05) is 67.1 Å². The summed E-state index contributed by atoms with van der Waals surface area (Å²) in [6.45, 7) is 2.29. The van der Waals surface area contributed by atoms with E-state index in [9.17, 15) is 0 Å². The minimum absolute atomic E-state index is 0.0401. The summed E-state index contributed by atoms with van der Waals surface area (Å²) in [6, 6.07) is 21.2. The van der Waals surface area contributed by atoms with Crippen molar-refractivity contribution in [3.05, 3.63) is 88.5 Å². The SMILES string of the molecule is CC1=C2CCCC[C@H]2O[C@@H](c2ccccc2)/C1=C/c1ccccc1. The average molecular weight is 316 g/mol. The number of rotatable bonds is 2. The zero-order chi connectivity index (χ0) is 16.4. The van der Waals surface area contributed by atoms with Gasteiger partial charge in [-0.3, -0.25) is 0 Å². The number of ether oxygens (including phenoxy) is 1. The van der Waals surface area contributed by atoms with Crippen molar-refractivity contribution >= 4 is 6.08 Å². The summed E-state index contributed by atoms with van der Waals surface area (Å²) in [5.74, 6) is 0. The first-order valence-corrected chi connectivity index (χ1v) is 9.00. The third kappa shape index (κ3) is 2.97. The van der Waals surface area contributed by atoms with Crippen LogP contribution in [0.3, 0.4) is 0 Å². The molecule has 0 radical (unpaired) electrons. The van der Waals surface area contributed by atoms with Crippen LogP contribution in [0, 0.1) is 0 Å². The number of benzene rings is 2. The summed E-state index contributed by atoms with van der Waals surface area (Å²) >= 11 is 0. The van der Waals surface area contributed by atoms with Crippen molar-refractivity contribution in [2.75, 3.05) is 0 Å². The summed E-state index contributed by atoms with van der Waals surface area (Å²) in [4.78, 5) is 0. The highest BCUT2D eigenvalue weighted by atomic mass is 16.5. The van der Waals surface area contributed by atoms with Crippen LogP contribution in [0.2, 0.25) is 0 Å². The average Bonchev–Trinajstić information content (AvgIpc) is 2.65. The van der Waals surface area contributed by atoms with Gasteiger partial charge in [0.1, 0.15) is 6.10 Å². The smallest absolute Gasteiger partial charge is 0.109 e. The van der Waals surface area contributed by atoms with Crippen LogP contribution in [0.25, 0.3) is 6.08 Å². The highest BCUT2D eigenvalue weighted by molar-refractivity contribution is 5.62. The van der Waals surface area contributed by atoms with E-state index in [1.54, 1.807) is 0 Å². The summed E-state index contributed by atoms with van der Waals surface area (Å²) in [5, 5.41) is 0. The van der Waals surface area contributed by atoms with Crippen LogP contribution >= 0.6 is 0 Å². The highest BCUT2D eigenvalue weighted by Gasteiger charge is 2.33. The molecule has 1 nitrogen and oxygen atoms in total. The van der Waals surface area contributed by atoms with Crippen LogP contribution < -0.4 is 0 Å². The Hall–Kier alpha value is -2.12. The van der Waals surface area contributed by atoms with Gasteiger partial charge in [0, 0.05) is 0 Å². The normalized spacial score (nSPS) is 25.6. The molecule has 0 aromatic heterocycles. The van der Waals surface area contributed by atoms with E-state index in [1.807, 2.05) is 0 Å². The Morgan fingerprint density at radius 3 is 2.38 bits per heavy atom. The van der Waals surface area contributed by atoms with Gasteiger partial charge in [0.25, 0.3) is 0 Å². The lowest BCUT2D eigenvalue weighted by Gasteiger charge is -2.38. The van der Waals surface area contributed by atoms with E-state index in [1.165, 1.54) is 47.1 Å². The fourth-order valence-electron chi connectivity index (χ4n) is 3.98. The van der Waals surface area contributed by atoms with Crippen LogP contribution in [0.5, 0.6) is 0 Å². The maximum atomic E-state index is 6.61. The molecule has 0 saturated heterocycles. The molecule has 0 spiro atoms. The Morgan fingerprint density at radius 1 is 0.917 bits per heavy atom. The molecule has 0 unspecified atom stereocenters. The first-order chi connectivity index (χ1) is 11.8. The van der Waals surface area contributed by atoms with Gasteiger partial charge >= 0.3 is 0 Å². The quantitative estimate of drug-likeness (QED) is 0.650. The largest absolute Gasteiger partial charge is 0.361 e. The van der Waals surface area contributed by atoms with Crippen molar-refractivity contribution in [2.45, 2.75) is 44.8 Å².